The van der Waals surface area contributed by atoms with Crippen molar-refractivity contribution in [2.24, 2.45) is 0 Å². The molecular weight excluding hydrogens is 483 g/mol. The van der Waals surface area contributed by atoms with Crippen LogP contribution >= 0.6 is 11.6 Å². The number of rotatable bonds is 5. The number of alkyl halides is 3. The van der Waals surface area contributed by atoms with Crippen LogP contribution in [-0.2, 0) is 6.18 Å². The third-order valence-corrected chi connectivity index (χ3v) is 4.43. The summed E-state index contributed by atoms with van der Waals surface area (Å²) < 4.78 is 42.0. The van der Waals surface area contributed by atoms with Gasteiger partial charge in [-0.25, -0.2) is 19.4 Å². The van der Waals surface area contributed by atoms with Crippen molar-refractivity contribution in [2.45, 2.75) is 6.18 Å². The summed E-state index contributed by atoms with van der Waals surface area (Å²) >= 11 is 6.12. The Morgan fingerprint density at radius 2 is 1.79 bits per heavy atom. The molecule has 4 rings (SSSR count). The number of carbonyl (C=O) groups excluding carboxylic acids is 1. The SMILES string of the molecule is O=C(O)Nc1cccc(-n2ncc(C(=O)Nc3cnc(-n4nccn4)c(Cl)c3)c2C(F)(F)F)n1. The van der Waals surface area contributed by atoms with E-state index < -0.39 is 29.4 Å². The van der Waals surface area contributed by atoms with Gasteiger partial charge in [-0.2, -0.15) is 28.5 Å². The summed E-state index contributed by atoms with van der Waals surface area (Å²) in [5.41, 5.74) is -2.21. The number of hydrogen-bond donors (Lipinski definition) is 3. The lowest BCUT2D eigenvalue weighted by Gasteiger charge is -2.13. The molecule has 0 atom stereocenters. The van der Waals surface area contributed by atoms with Crippen molar-refractivity contribution in [3.63, 3.8) is 0 Å². The highest BCUT2D eigenvalue weighted by molar-refractivity contribution is 6.32. The van der Waals surface area contributed by atoms with E-state index in [0.29, 0.717) is 10.9 Å². The van der Waals surface area contributed by atoms with Gasteiger partial charge in [-0.1, -0.05) is 17.7 Å². The maximum absolute atomic E-state index is 13.9. The highest BCUT2D eigenvalue weighted by Gasteiger charge is 2.41. The van der Waals surface area contributed by atoms with Gasteiger partial charge in [-0.3, -0.25) is 10.1 Å². The molecule has 3 N–H and O–H groups in total. The van der Waals surface area contributed by atoms with E-state index in [0.717, 1.165) is 4.80 Å². The Kier molecular flexibility index (Phi) is 5.85. The summed E-state index contributed by atoms with van der Waals surface area (Å²) in [5, 5.41) is 24.4. The molecule has 0 bridgehead atoms. The maximum Gasteiger partial charge on any atom is 0.434 e. The molecule has 0 spiro atoms. The van der Waals surface area contributed by atoms with Crippen LogP contribution in [0.4, 0.5) is 29.5 Å². The van der Waals surface area contributed by atoms with E-state index in [1.807, 2.05) is 5.32 Å². The smallest absolute Gasteiger partial charge is 0.434 e. The van der Waals surface area contributed by atoms with Crippen LogP contribution in [0.3, 0.4) is 0 Å². The van der Waals surface area contributed by atoms with Crippen molar-refractivity contribution < 1.29 is 27.9 Å². The zero-order chi connectivity index (χ0) is 24.5. The molecule has 16 heteroatoms. The van der Waals surface area contributed by atoms with E-state index >= 15 is 0 Å². The number of halogens is 4. The van der Waals surface area contributed by atoms with Gasteiger partial charge in [-0.05, 0) is 18.2 Å². The Balaban J connectivity index is 1.66. The molecule has 2 amide bonds. The molecule has 4 aromatic rings. The molecule has 0 unspecified atom stereocenters. The number of amides is 2. The Bertz CT molecular complexity index is 1370. The number of carbonyl (C=O) groups is 2. The first-order valence-electron chi connectivity index (χ1n) is 9.09. The molecule has 0 aliphatic carbocycles. The van der Waals surface area contributed by atoms with Crippen LogP contribution in [0.1, 0.15) is 16.1 Å². The minimum Gasteiger partial charge on any atom is -0.465 e. The molecule has 4 aromatic heterocycles. The molecule has 0 aromatic carbocycles. The largest absolute Gasteiger partial charge is 0.465 e. The van der Waals surface area contributed by atoms with Crippen LogP contribution < -0.4 is 10.6 Å². The molecule has 4 heterocycles. The van der Waals surface area contributed by atoms with Gasteiger partial charge >= 0.3 is 12.3 Å². The van der Waals surface area contributed by atoms with Gasteiger partial charge in [-0.15, -0.1) is 4.80 Å². The van der Waals surface area contributed by atoms with Crippen LogP contribution in [0.25, 0.3) is 11.6 Å². The fourth-order valence-corrected chi connectivity index (χ4v) is 3.09. The number of anilines is 2. The van der Waals surface area contributed by atoms with Crippen molar-refractivity contribution >= 4 is 35.1 Å². The fraction of sp³-hybridized carbons (Fsp3) is 0.0556. The zero-order valence-corrected chi connectivity index (χ0v) is 17.3. The third-order valence-electron chi connectivity index (χ3n) is 4.16. The van der Waals surface area contributed by atoms with Crippen LogP contribution in [0.5, 0.6) is 0 Å². The van der Waals surface area contributed by atoms with Crippen LogP contribution in [-0.4, -0.2) is 51.8 Å². The minimum absolute atomic E-state index is 0.0116. The van der Waals surface area contributed by atoms with E-state index in [1.165, 1.54) is 42.9 Å². The molecule has 0 aliphatic heterocycles. The van der Waals surface area contributed by atoms with Gasteiger partial charge in [0, 0.05) is 0 Å². The van der Waals surface area contributed by atoms with Crippen LogP contribution in [0.2, 0.25) is 5.02 Å². The monoisotopic (exact) mass is 493 g/mol. The predicted octanol–water partition coefficient (Wildman–Crippen LogP) is 3.26. The molecule has 34 heavy (non-hydrogen) atoms. The van der Waals surface area contributed by atoms with E-state index in [4.69, 9.17) is 16.7 Å². The van der Waals surface area contributed by atoms with E-state index in [2.05, 4.69) is 30.6 Å². The minimum atomic E-state index is -5.01. The number of pyridine rings is 2. The quantitative estimate of drug-likeness (QED) is 0.383. The topological polar surface area (TPSA) is 153 Å². The van der Waals surface area contributed by atoms with Crippen molar-refractivity contribution in [1.82, 2.24) is 34.7 Å². The summed E-state index contributed by atoms with van der Waals surface area (Å²) in [5.74, 6) is -1.58. The van der Waals surface area contributed by atoms with Crippen molar-refractivity contribution in [1.29, 1.82) is 0 Å². The van der Waals surface area contributed by atoms with Crippen molar-refractivity contribution in [3.8, 4) is 11.6 Å². The lowest BCUT2D eigenvalue weighted by atomic mass is 10.2. The van der Waals surface area contributed by atoms with E-state index in [-0.39, 0.29) is 28.2 Å². The molecule has 0 saturated heterocycles. The van der Waals surface area contributed by atoms with Gasteiger partial charge in [0.15, 0.2) is 17.3 Å². The summed E-state index contributed by atoms with van der Waals surface area (Å²) in [6, 6.07) is 4.95. The summed E-state index contributed by atoms with van der Waals surface area (Å²) in [4.78, 5) is 32.4. The Morgan fingerprint density at radius 1 is 1.06 bits per heavy atom. The fourth-order valence-electron chi connectivity index (χ4n) is 2.85. The highest BCUT2D eigenvalue weighted by Crippen LogP contribution is 2.34. The highest BCUT2D eigenvalue weighted by atomic mass is 35.5. The van der Waals surface area contributed by atoms with Crippen molar-refractivity contribution in [2.75, 3.05) is 10.6 Å². The second-order valence-corrected chi connectivity index (χ2v) is 6.84. The standard InChI is InChI=1S/C18H11ClF3N9O3/c19-11-6-9(7-23-15(11)31-24-4-5-25-31)27-16(32)10-8-26-30(14(10)18(20,21)22)13-3-1-2-12(28-13)29-17(33)34/h1-8H,(H,27,32)(H,28,29)(H,33,34). The molecule has 0 radical (unpaired) electrons. The molecule has 174 valence electrons. The van der Waals surface area contributed by atoms with Gasteiger partial charge in [0.25, 0.3) is 5.91 Å². The first kappa shape index (κ1) is 22.7. The maximum atomic E-state index is 13.9. The molecule has 12 nitrogen and oxygen atoms in total. The molecule has 0 saturated carbocycles. The molecule has 0 aliphatic rings. The Hall–Kier alpha value is -4.53. The van der Waals surface area contributed by atoms with Gasteiger partial charge < -0.3 is 10.4 Å². The van der Waals surface area contributed by atoms with E-state index in [9.17, 15) is 22.8 Å². The third kappa shape index (κ3) is 4.63. The first-order chi connectivity index (χ1) is 16.1. The molecular formula is C18H11ClF3N9O3. The summed E-state index contributed by atoms with van der Waals surface area (Å²) in [7, 11) is 0. The average Bonchev–Trinajstić information content (AvgIpc) is 3.44. The number of carboxylic acid groups (broad SMARTS) is 1. The Morgan fingerprint density at radius 3 is 2.44 bits per heavy atom. The Labute approximate surface area is 192 Å². The zero-order valence-electron chi connectivity index (χ0n) is 16.5. The first-order valence-corrected chi connectivity index (χ1v) is 9.47. The van der Waals surface area contributed by atoms with Crippen molar-refractivity contribution in [3.05, 3.63) is 65.3 Å². The van der Waals surface area contributed by atoms with Crippen LogP contribution in [0, 0.1) is 0 Å². The van der Waals surface area contributed by atoms with Gasteiger partial charge in [0.1, 0.15) is 5.82 Å². The average molecular weight is 494 g/mol. The lowest BCUT2D eigenvalue weighted by Crippen LogP contribution is -2.21. The predicted molar refractivity (Wildman–Crippen MR) is 110 cm³/mol. The van der Waals surface area contributed by atoms with E-state index in [1.54, 1.807) is 0 Å². The summed E-state index contributed by atoms with van der Waals surface area (Å²) in [6.07, 6.45) is -1.79. The second kappa shape index (κ2) is 8.78. The lowest BCUT2D eigenvalue weighted by molar-refractivity contribution is -0.143. The number of aromatic nitrogens is 7. The normalized spacial score (nSPS) is 11.3. The van der Waals surface area contributed by atoms with Gasteiger partial charge in [0.05, 0.1) is 41.1 Å². The second-order valence-electron chi connectivity index (χ2n) is 6.43. The number of nitrogens with zero attached hydrogens (tertiary/aromatic N) is 7. The number of nitrogens with one attached hydrogen (secondary N) is 2. The van der Waals surface area contributed by atoms with Crippen LogP contribution in [0.15, 0.2) is 49.1 Å². The molecule has 0 fully saturated rings. The number of hydrogen-bond acceptors (Lipinski definition) is 7. The van der Waals surface area contributed by atoms with Gasteiger partial charge in [0.2, 0.25) is 0 Å². The summed E-state index contributed by atoms with van der Waals surface area (Å²) in [6.45, 7) is 0.